The quantitative estimate of drug-likeness (QED) is 0.839. The highest BCUT2D eigenvalue weighted by Gasteiger charge is 2.26. The summed E-state index contributed by atoms with van der Waals surface area (Å²) in [4.78, 5) is 28.6. The highest BCUT2D eigenvalue weighted by atomic mass is 32.2. The topological polar surface area (TPSA) is 58.6 Å². The number of carbonyl (C=O) groups is 2. The number of anilines is 2. The lowest BCUT2D eigenvalue weighted by atomic mass is 10.1. The van der Waals surface area contributed by atoms with Crippen molar-refractivity contribution < 1.29 is 14.3 Å². The van der Waals surface area contributed by atoms with E-state index in [0.717, 1.165) is 29.8 Å². The van der Waals surface area contributed by atoms with Gasteiger partial charge >= 0.3 is 0 Å². The van der Waals surface area contributed by atoms with E-state index in [2.05, 4.69) is 18.3 Å². The number of nitrogens with one attached hydrogen (secondary N) is 1. The summed E-state index contributed by atoms with van der Waals surface area (Å²) in [7, 11) is 0. The van der Waals surface area contributed by atoms with Crippen LogP contribution in [-0.4, -0.2) is 36.3 Å². The molecule has 6 heteroatoms. The Morgan fingerprint density at radius 3 is 2.82 bits per heavy atom. The number of carbonyl (C=O) groups excluding carboxylic acids is 2. The van der Waals surface area contributed by atoms with Crippen LogP contribution in [-0.2, 0) is 9.53 Å². The van der Waals surface area contributed by atoms with Crippen molar-refractivity contribution in [2.75, 3.05) is 23.4 Å². The van der Waals surface area contributed by atoms with Gasteiger partial charge in [-0.25, -0.2) is 0 Å². The molecule has 0 spiro atoms. The molecule has 0 bridgehead atoms. The first-order chi connectivity index (χ1) is 13.6. The van der Waals surface area contributed by atoms with Gasteiger partial charge in [0.25, 0.3) is 11.8 Å². The van der Waals surface area contributed by atoms with Gasteiger partial charge in [-0.15, -0.1) is 11.8 Å². The Morgan fingerprint density at radius 1 is 1.14 bits per heavy atom. The zero-order valence-corrected chi connectivity index (χ0v) is 16.7. The molecule has 2 heterocycles. The lowest BCUT2D eigenvalue weighted by molar-refractivity contribution is -0.124. The summed E-state index contributed by atoms with van der Waals surface area (Å²) in [5.41, 5.74) is 2.15. The summed E-state index contributed by atoms with van der Waals surface area (Å²) in [6.07, 6.45) is 2.18. The molecule has 2 unspecified atom stereocenters. The Kier molecular flexibility index (Phi) is 5.69. The van der Waals surface area contributed by atoms with Crippen LogP contribution in [0.5, 0.6) is 0 Å². The van der Waals surface area contributed by atoms with E-state index in [4.69, 9.17) is 4.74 Å². The number of rotatable bonds is 3. The van der Waals surface area contributed by atoms with E-state index < -0.39 is 6.10 Å². The minimum absolute atomic E-state index is 0.0460. The number of nitrogens with zero attached hydrogens (tertiary/aromatic N) is 1. The number of hydrogen-bond donors (Lipinski definition) is 1. The van der Waals surface area contributed by atoms with E-state index in [1.54, 1.807) is 24.3 Å². The third kappa shape index (κ3) is 4.08. The van der Waals surface area contributed by atoms with Crippen molar-refractivity contribution in [3.05, 3.63) is 54.1 Å². The van der Waals surface area contributed by atoms with Crippen LogP contribution < -0.4 is 10.2 Å². The Balaban J connectivity index is 1.56. The van der Waals surface area contributed by atoms with Crippen LogP contribution >= 0.6 is 11.8 Å². The normalized spacial score (nSPS) is 21.7. The van der Waals surface area contributed by atoms with Crippen molar-refractivity contribution in [3.8, 4) is 0 Å². The molecule has 4 rings (SSSR count). The maximum Gasteiger partial charge on any atom is 0.258 e. The fourth-order valence-corrected chi connectivity index (χ4v) is 4.70. The average Bonchev–Trinajstić information content (AvgIpc) is 3.18. The van der Waals surface area contributed by atoms with Gasteiger partial charge in [0.2, 0.25) is 0 Å². The predicted octanol–water partition coefficient (Wildman–Crippen LogP) is 4.34. The van der Waals surface area contributed by atoms with Gasteiger partial charge in [-0.2, -0.15) is 0 Å². The molecule has 2 aliphatic rings. The first kappa shape index (κ1) is 19.0. The van der Waals surface area contributed by atoms with Crippen LogP contribution in [0.3, 0.4) is 0 Å². The third-order valence-corrected chi connectivity index (χ3v) is 6.32. The predicted molar refractivity (Wildman–Crippen MR) is 112 cm³/mol. The first-order valence-corrected chi connectivity index (χ1v) is 10.6. The second-order valence-electron chi connectivity index (χ2n) is 7.21. The van der Waals surface area contributed by atoms with E-state index in [0.29, 0.717) is 29.7 Å². The molecule has 1 saturated heterocycles. The van der Waals surface area contributed by atoms with E-state index >= 15 is 0 Å². The molecule has 2 aromatic rings. The summed E-state index contributed by atoms with van der Waals surface area (Å²) in [6, 6.07) is 15.2. The SMILES string of the molecule is CC1CCN(C(=O)c2cccc(NC(=O)C3CCCO3)c2)c2ccccc2S1. The molecule has 0 aliphatic carbocycles. The summed E-state index contributed by atoms with van der Waals surface area (Å²) in [5, 5.41) is 3.34. The van der Waals surface area contributed by atoms with Crippen LogP contribution in [0.2, 0.25) is 0 Å². The summed E-state index contributed by atoms with van der Waals surface area (Å²) < 4.78 is 5.43. The number of para-hydroxylation sites is 1. The Morgan fingerprint density at radius 2 is 2.00 bits per heavy atom. The second-order valence-corrected chi connectivity index (χ2v) is 8.69. The highest BCUT2D eigenvalue weighted by Crippen LogP contribution is 2.37. The molecule has 2 aromatic carbocycles. The fraction of sp³-hybridized carbons (Fsp3) is 0.364. The number of ether oxygens (including phenoxy) is 1. The standard InChI is InChI=1S/C22H24N2O3S/c1-15-11-12-24(18-8-2-3-10-20(18)28-15)22(26)16-6-4-7-17(14-16)23-21(25)19-9-5-13-27-19/h2-4,6-8,10,14-15,19H,5,9,11-13H2,1H3,(H,23,25). The molecule has 1 fully saturated rings. The molecule has 0 saturated carbocycles. The lowest BCUT2D eigenvalue weighted by Crippen LogP contribution is -2.32. The third-order valence-electron chi connectivity index (χ3n) is 5.09. The molecule has 2 atom stereocenters. The molecular weight excluding hydrogens is 372 g/mol. The van der Waals surface area contributed by atoms with Crippen LogP contribution in [0.1, 0.15) is 36.5 Å². The smallest absolute Gasteiger partial charge is 0.258 e. The van der Waals surface area contributed by atoms with Crippen molar-refractivity contribution in [2.45, 2.75) is 42.4 Å². The molecule has 2 aliphatic heterocycles. The van der Waals surface area contributed by atoms with Crippen molar-refractivity contribution in [2.24, 2.45) is 0 Å². The van der Waals surface area contributed by atoms with Gasteiger partial charge in [0.05, 0.1) is 5.69 Å². The lowest BCUT2D eigenvalue weighted by Gasteiger charge is -2.23. The van der Waals surface area contributed by atoms with E-state index in [1.807, 2.05) is 34.9 Å². The fourth-order valence-electron chi connectivity index (χ4n) is 3.59. The maximum absolute atomic E-state index is 13.3. The Hall–Kier alpha value is -2.31. The minimum atomic E-state index is -0.393. The summed E-state index contributed by atoms with van der Waals surface area (Å²) >= 11 is 1.81. The number of benzene rings is 2. The van der Waals surface area contributed by atoms with Gasteiger partial charge in [-0.1, -0.05) is 25.1 Å². The summed E-state index contributed by atoms with van der Waals surface area (Å²) in [5.74, 6) is -0.192. The summed E-state index contributed by atoms with van der Waals surface area (Å²) in [6.45, 7) is 3.49. The van der Waals surface area contributed by atoms with E-state index in [-0.39, 0.29) is 11.8 Å². The first-order valence-electron chi connectivity index (χ1n) is 9.72. The van der Waals surface area contributed by atoms with Crippen molar-refractivity contribution in [1.29, 1.82) is 0 Å². The van der Waals surface area contributed by atoms with Gasteiger partial charge in [-0.3, -0.25) is 9.59 Å². The van der Waals surface area contributed by atoms with Gasteiger partial charge in [-0.05, 0) is 49.6 Å². The van der Waals surface area contributed by atoms with Gasteiger partial charge in [0.15, 0.2) is 0 Å². The Bertz CT molecular complexity index is 880. The molecular formula is C22H24N2O3S. The second kappa shape index (κ2) is 8.37. The van der Waals surface area contributed by atoms with Gasteiger partial charge in [0.1, 0.15) is 6.10 Å². The van der Waals surface area contributed by atoms with Crippen LogP contribution in [0, 0.1) is 0 Å². The zero-order valence-electron chi connectivity index (χ0n) is 15.9. The Labute approximate surface area is 169 Å². The molecule has 2 amide bonds. The molecule has 0 radical (unpaired) electrons. The number of amides is 2. The number of hydrogen-bond acceptors (Lipinski definition) is 4. The maximum atomic E-state index is 13.3. The van der Waals surface area contributed by atoms with Gasteiger partial charge < -0.3 is 15.0 Å². The van der Waals surface area contributed by atoms with Crippen LogP contribution in [0.4, 0.5) is 11.4 Å². The van der Waals surface area contributed by atoms with E-state index in [1.165, 1.54) is 0 Å². The average molecular weight is 397 g/mol. The number of fused-ring (bicyclic) bond motifs is 1. The zero-order chi connectivity index (χ0) is 19.5. The van der Waals surface area contributed by atoms with Crippen LogP contribution in [0.15, 0.2) is 53.4 Å². The molecule has 28 heavy (non-hydrogen) atoms. The highest BCUT2D eigenvalue weighted by molar-refractivity contribution is 8.00. The number of thioether (sulfide) groups is 1. The molecule has 0 aromatic heterocycles. The van der Waals surface area contributed by atoms with Crippen molar-refractivity contribution in [1.82, 2.24) is 0 Å². The van der Waals surface area contributed by atoms with Crippen molar-refractivity contribution in [3.63, 3.8) is 0 Å². The monoisotopic (exact) mass is 396 g/mol. The molecule has 146 valence electrons. The van der Waals surface area contributed by atoms with Gasteiger partial charge in [0, 0.05) is 34.5 Å². The van der Waals surface area contributed by atoms with Crippen LogP contribution in [0.25, 0.3) is 0 Å². The molecule has 1 N–H and O–H groups in total. The minimum Gasteiger partial charge on any atom is -0.368 e. The van der Waals surface area contributed by atoms with E-state index in [9.17, 15) is 9.59 Å². The molecule has 5 nitrogen and oxygen atoms in total. The van der Waals surface area contributed by atoms with Crippen molar-refractivity contribution >= 4 is 35.0 Å². The largest absolute Gasteiger partial charge is 0.368 e.